The number of hydrogen-bond acceptors (Lipinski definition) is 2. The third-order valence-corrected chi connectivity index (χ3v) is 0.855. The number of H-pyrrole nitrogens is 1. The van der Waals surface area contributed by atoms with E-state index in [1.165, 1.54) is 12.3 Å². The molecule has 0 bridgehead atoms. The van der Waals surface area contributed by atoms with Crippen LogP contribution in [0.5, 0.6) is 0 Å². The first-order valence-corrected chi connectivity index (χ1v) is 2.40. The normalized spacial score (nSPS) is 9.12. The van der Waals surface area contributed by atoms with Gasteiger partial charge in [-0.1, -0.05) is 12.2 Å². The van der Waals surface area contributed by atoms with Crippen LogP contribution in [0.2, 0.25) is 0 Å². The van der Waals surface area contributed by atoms with Gasteiger partial charge in [0.05, 0.1) is 10.7 Å². The minimum Gasteiger partial charge on any atom is -0.253 e. The van der Waals surface area contributed by atoms with Crippen molar-refractivity contribution in [1.82, 2.24) is 10.2 Å². The van der Waals surface area contributed by atoms with E-state index in [0.717, 1.165) is 0 Å². The Morgan fingerprint density at radius 2 is 2.50 bits per heavy atom. The van der Waals surface area contributed by atoms with Crippen molar-refractivity contribution in [1.29, 1.82) is 0 Å². The number of aromatic amines is 1. The third kappa shape index (κ3) is 1.10. The highest BCUT2D eigenvalue weighted by molar-refractivity contribution is 7.71. The largest absolute Gasteiger partial charge is 0.253 e. The van der Waals surface area contributed by atoms with Crippen molar-refractivity contribution >= 4 is 12.2 Å². The number of nitrogens with zero attached hydrogens (tertiary/aromatic N) is 1. The summed E-state index contributed by atoms with van der Waals surface area (Å²) in [5.41, 5.74) is 0. The molecule has 0 aliphatic rings. The second kappa shape index (κ2) is 2.00. The fourth-order valence-electron chi connectivity index (χ4n) is 0.352. The molecule has 1 aromatic rings. The summed E-state index contributed by atoms with van der Waals surface area (Å²) < 4.78 is 12.4. The molecule has 8 heavy (non-hydrogen) atoms. The lowest BCUT2D eigenvalue weighted by Gasteiger charge is -1.81. The highest BCUT2D eigenvalue weighted by Gasteiger charge is 1.82. The van der Waals surface area contributed by atoms with Crippen molar-refractivity contribution in [2.45, 2.75) is 0 Å². The molecular weight excluding hydrogens is 127 g/mol. The monoisotopic (exact) mass is 130 g/mol. The van der Waals surface area contributed by atoms with E-state index in [-0.39, 0.29) is 0 Å². The van der Waals surface area contributed by atoms with Crippen LogP contribution in [0.3, 0.4) is 0 Å². The predicted octanol–water partition coefficient (Wildman–Crippen LogP) is 1.28. The van der Waals surface area contributed by atoms with Crippen LogP contribution >= 0.6 is 12.2 Å². The number of hydrogen-bond donors (Lipinski definition) is 1. The Bertz CT molecular complexity index is 231. The molecule has 1 heterocycles. The molecule has 0 fully saturated rings. The lowest BCUT2D eigenvalue weighted by Crippen LogP contribution is -1.83. The molecule has 1 rings (SSSR count). The zero-order chi connectivity index (χ0) is 5.98. The van der Waals surface area contributed by atoms with E-state index in [4.69, 9.17) is 0 Å². The molecule has 0 aliphatic heterocycles. The van der Waals surface area contributed by atoms with Crippen molar-refractivity contribution in [2.75, 3.05) is 0 Å². The predicted molar refractivity (Wildman–Crippen MR) is 29.4 cm³/mol. The lowest BCUT2D eigenvalue weighted by atomic mass is 10.6. The van der Waals surface area contributed by atoms with E-state index in [1.54, 1.807) is 0 Å². The van der Waals surface area contributed by atoms with Gasteiger partial charge in [-0.15, -0.1) is 0 Å². The summed E-state index contributed by atoms with van der Waals surface area (Å²) in [7, 11) is 0. The van der Waals surface area contributed by atoms with Crippen LogP contribution in [-0.2, 0) is 0 Å². The van der Waals surface area contributed by atoms with Gasteiger partial charge in [0.25, 0.3) is 0 Å². The van der Waals surface area contributed by atoms with Gasteiger partial charge < -0.3 is 0 Å². The van der Waals surface area contributed by atoms with Crippen LogP contribution in [0.25, 0.3) is 0 Å². The van der Waals surface area contributed by atoms with Gasteiger partial charge in [0.15, 0.2) is 0 Å². The Kier molecular flexibility index (Phi) is 1.34. The van der Waals surface area contributed by atoms with Crippen molar-refractivity contribution in [2.24, 2.45) is 0 Å². The number of aromatic nitrogens is 2. The molecule has 0 aromatic carbocycles. The van der Waals surface area contributed by atoms with Crippen molar-refractivity contribution in [3.05, 3.63) is 22.7 Å². The van der Waals surface area contributed by atoms with Gasteiger partial charge in [0.1, 0.15) is 0 Å². The van der Waals surface area contributed by atoms with Gasteiger partial charge in [-0.3, -0.25) is 5.10 Å². The van der Waals surface area contributed by atoms with E-state index in [2.05, 4.69) is 22.4 Å². The average molecular weight is 130 g/mol. The summed E-state index contributed by atoms with van der Waals surface area (Å²) in [6.07, 6.45) is 1.37. The van der Waals surface area contributed by atoms with E-state index >= 15 is 0 Å². The molecule has 1 N–H and O–H groups in total. The van der Waals surface area contributed by atoms with Gasteiger partial charge in [-0.05, 0) is 0 Å². The number of nitrogens with one attached hydrogen (secondary N) is 1. The second-order valence-corrected chi connectivity index (χ2v) is 1.74. The maximum Gasteiger partial charge on any atom is 0.208 e. The zero-order valence-corrected chi connectivity index (χ0v) is 4.70. The molecule has 1 aromatic heterocycles. The Hall–Kier alpha value is -0.770. The van der Waals surface area contributed by atoms with Crippen LogP contribution in [0, 0.1) is 10.5 Å². The molecule has 42 valence electrons. The summed E-state index contributed by atoms with van der Waals surface area (Å²) in [5.74, 6) is -0.502. The van der Waals surface area contributed by atoms with Gasteiger partial charge >= 0.3 is 0 Å². The van der Waals surface area contributed by atoms with Crippen molar-refractivity contribution in [3.8, 4) is 0 Å². The zero-order valence-electron chi connectivity index (χ0n) is 3.89. The first-order chi connectivity index (χ1) is 3.79. The lowest BCUT2D eigenvalue weighted by molar-refractivity contribution is 0.562. The third-order valence-electron chi connectivity index (χ3n) is 0.632. The summed E-state index contributed by atoms with van der Waals surface area (Å²) in [6, 6.07) is 1.20. The molecule has 0 saturated heterocycles. The van der Waals surface area contributed by atoms with Gasteiger partial charge in [0, 0.05) is 6.07 Å². The first-order valence-electron chi connectivity index (χ1n) is 1.99. The molecule has 0 spiro atoms. The Labute approximate surface area is 50.4 Å². The molecule has 2 nitrogen and oxygen atoms in total. The summed E-state index contributed by atoms with van der Waals surface area (Å²) in [5, 5.41) is 5.47. The fourth-order valence-corrected chi connectivity index (χ4v) is 0.508. The molecule has 0 aliphatic carbocycles. The molecule has 0 unspecified atom stereocenters. The minimum atomic E-state index is -0.502. The maximum atomic E-state index is 12.0. The fraction of sp³-hybridized carbons (Fsp3) is 0. The average Bonchev–Trinajstić information content (AvgIpc) is 1.64. The van der Waals surface area contributed by atoms with Crippen LogP contribution < -0.4 is 0 Å². The summed E-state index contributed by atoms with van der Waals surface area (Å²) >= 11 is 4.58. The smallest absolute Gasteiger partial charge is 0.208 e. The molecule has 4 heteroatoms. The Morgan fingerprint density at radius 1 is 1.75 bits per heavy atom. The van der Waals surface area contributed by atoms with E-state index in [9.17, 15) is 4.39 Å². The number of halogens is 1. The van der Waals surface area contributed by atoms with E-state index < -0.39 is 5.95 Å². The van der Waals surface area contributed by atoms with Crippen LogP contribution in [0.1, 0.15) is 0 Å². The molecule has 0 atom stereocenters. The van der Waals surface area contributed by atoms with Gasteiger partial charge in [-0.25, -0.2) is 0 Å². The topological polar surface area (TPSA) is 28.7 Å². The van der Waals surface area contributed by atoms with Crippen molar-refractivity contribution < 1.29 is 4.39 Å². The Morgan fingerprint density at radius 3 is 2.88 bits per heavy atom. The highest BCUT2D eigenvalue weighted by Crippen LogP contribution is 1.88. The SMILES string of the molecule is Fc1cc(=S)cn[nH]1. The van der Waals surface area contributed by atoms with Crippen LogP contribution in [0.4, 0.5) is 4.39 Å². The summed E-state index contributed by atoms with van der Waals surface area (Å²) in [6.45, 7) is 0. The standard InChI is InChI=1S/C4H3FN2S/c5-4-1-3(8)2-6-7-4/h1-2H,(H,7,8). The molecule has 0 radical (unpaired) electrons. The highest BCUT2D eigenvalue weighted by atomic mass is 32.1. The first kappa shape index (κ1) is 5.37. The van der Waals surface area contributed by atoms with Crippen molar-refractivity contribution in [3.63, 3.8) is 0 Å². The van der Waals surface area contributed by atoms with Crippen LogP contribution in [-0.4, -0.2) is 10.2 Å². The van der Waals surface area contributed by atoms with E-state index in [0.29, 0.717) is 4.51 Å². The second-order valence-electron chi connectivity index (χ2n) is 1.26. The van der Waals surface area contributed by atoms with Gasteiger partial charge in [0.2, 0.25) is 5.95 Å². The van der Waals surface area contributed by atoms with Crippen LogP contribution in [0.15, 0.2) is 12.3 Å². The Balaban J connectivity index is 3.28. The molecule has 0 amide bonds. The summed E-state index contributed by atoms with van der Waals surface area (Å²) in [4.78, 5) is 0. The maximum absolute atomic E-state index is 12.0. The minimum absolute atomic E-state index is 0.404. The van der Waals surface area contributed by atoms with E-state index in [1.807, 2.05) is 0 Å². The number of rotatable bonds is 0. The molecule has 0 saturated carbocycles. The quantitative estimate of drug-likeness (QED) is 0.536. The molecular formula is C4H3FN2S. The van der Waals surface area contributed by atoms with Gasteiger partial charge in [-0.2, -0.15) is 9.49 Å².